The molecule has 0 bridgehead atoms. The summed E-state index contributed by atoms with van der Waals surface area (Å²) >= 11 is 1.32. The molecule has 146 valence electrons. The van der Waals surface area contributed by atoms with Gasteiger partial charge in [0, 0.05) is 24.7 Å². The van der Waals surface area contributed by atoms with Gasteiger partial charge in [-0.25, -0.2) is 14.4 Å². The Bertz CT molecular complexity index is 1240. The minimum absolute atomic E-state index is 0.185. The van der Waals surface area contributed by atoms with Crippen molar-refractivity contribution in [2.24, 2.45) is 0 Å². The molecular formula is C19H14F2N6OS. The van der Waals surface area contributed by atoms with E-state index in [0.29, 0.717) is 45.5 Å². The highest BCUT2D eigenvalue weighted by Crippen LogP contribution is 2.33. The van der Waals surface area contributed by atoms with E-state index >= 15 is 0 Å². The molecule has 0 spiro atoms. The van der Waals surface area contributed by atoms with E-state index in [0.717, 1.165) is 0 Å². The number of carbonyl (C=O) groups excluding carboxylic acids is 1. The van der Waals surface area contributed by atoms with Crippen LogP contribution >= 0.6 is 11.3 Å². The Morgan fingerprint density at radius 2 is 1.97 bits per heavy atom. The van der Waals surface area contributed by atoms with E-state index in [1.54, 1.807) is 4.90 Å². The number of benzene rings is 1. The number of amides is 1. The van der Waals surface area contributed by atoms with Crippen LogP contribution in [0.3, 0.4) is 0 Å². The quantitative estimate of drug-likeness (QED) is 0.472. The number of carbonyl (C=O) groups is 1. The zero-order chi connectivity index (χ0) is 20.1. The van der Waals surface area contributed by atoms with Crippen LogP contribution in [0.5, 0.6) is 0 Å². The first-order valence-electron chi connectivity index (χ1n) is 8.93. The molecule has 10 heteroatoms. The van der Waals surface area contributed by atoms with E-state index in [-0.39, 0.29) is 17.8 Å². The highest BCUT2D eigenvalue weighted by molar-refractivity contribution is 7.21. The fraction of sp³-hybridized carbons (Fsp3) is 0.211. The lowest BCUT2D eigenvalue weighted by Gasteiger charge is -2.33. The smallest absolute Gasteiger partial charge is 0.254 e. The van der Waals surface area contributed by atoms with Gasteiger partial charge >= 0.3 is 0 Å². The monoisotopic (exact) mass is 412 g/mol. The number of aromatic nitrogens is 5. The maximum Gasteiger partial charge on any atom is 0.254 e. The molecule has 4 heterocycles. The van der Waals surface area contributed by atoms with E-state index in [1.165, 1.54) is 47.9 Å². The van der Waals surface area contributed by atoms with E-state index in [1.807, 2.05) is 11.5 Å². The summed E-state index contributed by atoms with van der Waals surface area (Å²) in [5.74, 6) is 0.102. The van der Waals surface area contributed by atoms with E-state index in [2.05, 4.69) is 20.2 Å². The molecule has 1 aromatic carbocycles. The Kier molecular flexibility index (Phi) is 4.09. The van der Waals surface area contributed by atoms with E-state index in [4.69, 9.17) is 0 Å². The lowest BCUT2D eigenvalue weighted by Crippen LogP contribution is -2.41. The first kappa shape index (κ1) is 17.8. The number of hydrogen-bond acceptors (Lipinski definition) is 6. The fourth-order valence-corrected chi connectivity index (χ4v) is 4.44. The highest BCUT2D eigenvalue weighted by Gasteiger charge is 2.32. The van der Waals surface area contributed by atoms with Crippen molar-refractivity contribution in [2.45, 2.75) is 19.5 Å². The Labute approximate surface area is 167 Å². The van der Waals surface area contributed by atoms with Crippen LogP contribution in [0, 0.1) is 11.8 Å². The topological polar surface area (TPSA) is 76.8 Å². The Hall–Kier alpha value is -3.27. The molecule has 5 rings (SSSR count). The zero-order valence-electron chi connectivity index (χ0n) is 15.2. The van der Waals surface area contributed by atoms with E-state index < -0.39 is 5.95 Å². The maximum absolute atomic E-state index is 13.4. The highest BCUT2D eigenvalue weighted by atomic mass is 32.1. The molecule has 0 saturated heterocycles. The van der Waals surface area contributed by atoms with Gasteiger partial charge in [0.05, 0.1) is 16.9 Å². The molecule has 0 aliphatic carbocycles. The number of fused-ring (bicyclic) bond motifs is 2. The van der Waals surface area contributed by atoms with Crippen LogP contribution in [0.4, 0.5) is 8.78 Å². The molecule has 1 aliphatic heterocycles. The minimum Gasteiger partial charge on any atom is -0.327 e. The third-order valence-corrected chi connectivity index (χ3v) is 5.98. The van der Waals surface area contributed by atoms with Gasteiger partial charge in [0.2, 0.25) is 5.95 Å². The van der Waals surface area contributed by atoms with Crippen molar-refractivity contribution in [3.63, 3.8) is 0 Å². The van der Waals surface area contributed by atoms with Gasteiger partial charge in [0.15, 0.2) is 16.7 Å². The SMILES string of the molecule is C[C@@H]1c2nnc(-c3nc4cnc(F)cc4s3)n2CCN1C(=O)c1ccc(F)cc1. The number of hydrogen-bond donors (Lipinski definition) is 0. The van der Waals surface area contributed by atoms with Crippen molar-refractivity contribution >= 4 is 27.5 Å². The number of pyridine rings is 1. The van der Waals surface area contributed by atoms with Crippen molar-refractivity contribution in [3.05, 3.63) is 59.7 Å². The normalized spacial score (nSPS) is 16.2. The molecule has 0 radical (unpaired) electrons. The summed E-state index contributed by atoms with van der Waals surface area (Å²) in [7, 11) is 0. The Balaban J connectivity index is 1.47. The van der Waals surface area contributed by atoms with Crippen molar-refractivity contribution in [1.29, 1.82) is 0 Å². The van der Waals surface area contributed by atoms with Crippen molar-refractivity contribution < 1.29 is 13.6 Å². The Morgan fingerprint density at radius 3 is 2.76 bits per heavy atom. The summed E-state index contributed by atoms with van der Waals surface area (Å²) in [6.07, 6.45) is 1.39. The van der Waals surface area contributed by atoms with Crippen LogP contribution in [0.1, 0.15) is 29.1 Å². The van der Waals surface area contributed by atoms with Crippen LogP contribution in [-0.2, 0) is 6.54 Å². The first-order chi connectivity index (χ1) is 14.0. The average molecular weight is 412 g/mol. The summed E-state index contributed by atoms with van der Waals surface area (Å²) in [5.41, 5.74) is 1.02. The molecule has 29 heavy (non-hydrogen) atoms. The predicted octanol–water partition coefficient (Wildman–Crippen LogP) is 3.45. The molecule has 4 aromatic rings. The van der Waals surface area contributed by atoms with Gasteiger partial charge in [0.25, 0.3) is 5.91 Å². The van der Waals surface area contributed by atoms with Gasteiger partial charge in [-0.05, 0) is 31.2 Å². The van der Waals surface area contributed by atoms with Gasteiger partial charge in [-0.3, -0.25) is 4.79 Å². The second-order valence-corrected chi connectivity index (χ2v) is 7.74. The lowest BCUT2D eigenvalue weighted by molar-refractivity contribution is 0.0638. The molecule has 0 fully saturated rings. The van der Waals surface area contributed by atoms with Crippen LogP contribution in [0.25, 0.3) is 21.0 Å². The number of thiazole rings is 1. The second-order valence-electron chi connectivity index (χ2n) is 6.71. The minimum atomic E-state index is -0.556. The van der Waals surface area contributed by atoms with Gasteiger partial charge in [-0.15, -0.1) is 21.5 Å². The van der Waals surface area contributed by atoms with Crippen LogP contribution in [-0.4, -0.2) is 42.1 Å². The number of rotatable bonds is 2. The number of halogens is 2. The van der Waals surface area contributed by atoms with Crippen molar-refractivity contribution in [1.82, 2.24) is 29.6 Å². The van der Waals surface area contributed by atoms with Crippen molar-refractivity contribution in [2.75, 3.05) is 6.54 Å². The molecule has 0 unspecified atom stereocenters. The predicted molar refractivity (Wildman–Crippen MR) is 102 cm³/mol. The maximum atomic E-state index is 13.4. The third-order valence-electron chi connectivity index (χ3n) is 4.97. The molecule has 1 aliphatic rings. The third kappa shape index (κ3) is 2.96. The molecule has 0 N–H and O–H groups in total. The lowest BCUT2D eigenvalue weighted by atomic mass is 10.1. The van der Waals surface area contributed by atoms with Gasteiger partial charge in [-0.2, -0.15) is 4.39 Å². The van der Waals surface area contributed by atoms with E-state index in [9.17, 15) is 13.6 Å². The van der Waals surface area contributed by atoms with Gasteiger partial charge < -0.3 is 9.47 Å². The summed E-state index contributed by atoms with van der Waals surface area (Å²) in [4.78, 5) is 22.7. The molecule has 3 aromatic heterocycles. The van der Waals surface area contributed by atoms with Crippen LogP contribution < -0.4 is 0 Å². The van der Waals surface area contributed by atoms with Gasteiger partial charge in [0.1, 0.15) is 11.3 Å². The molecule has 1 amide bonds. The summed E-state index contributed by atoms with van der Waals surface area (Å²) in [6.45, 7) is 2.83. The van der Waals surface area contributed by atoms with Crippen LogP contribution in [0.15, 0.2) is 36.5 Å². The second kappa shape index (κ2) is 6.66. The fourth-order valence-electron chi connectivity index (χ4n) is 3.48. The summed E-state index contributed by atoms with van der Waals surface area (Å²) in [6, 6.07) is 6.53. The zero-order valence-corrected chi connectivity index (χ0v) is 16.0. The largest absolute Gasteiger partial charge is 0.327 e. The van der Waals surface area contributed by atoms with Crippen molar-refractivity contribution in [3.8, 4) is 10.8 Å². The molecular weight excluding hydrogens is 398 g/mol. The summed E-state index contributed by atoms with van der Waals surface area (Å²) in [5, 5.41) is 9.17. The van der Waals surface area contributed by atoms with Crippen LogP contribution in [0.2, 0.25) is 0 Å². The molecule has 7 nitrogen and oxygen atoms in total. The average Bonchev–Trinajstić information content (AvgIpc) is 3.32. The van der Waals surface area contributed by atoms with Gasteiger partial charge in [-0.1, -0.05) is 0 Å². The molecule has 1 atom stereocenters. The molecule has 0 saturated carbocycles. The summed E-state index contributed by atoms with van der Waals surface area (Å²) < 4.78 is 29.1. The first-order valence-corrected chi connectivity index (χ1v) is 9.75. The number of nitrogens with zero attached hydrogens (tertiary/aromatic N) is 6. The Morgan fingerprint density at radius 1 is 1.17 bits per heavy atom. The standard InChI is InChI=1S/C19H14F2N6OS/c1-10-16-24-25-17(18-23-13-9-22-15(21)8-14(13)29-18)27(16)7-6-26(10)19(28)11-2-4-12(20)5-3-11/h2-5,8-10H,6-7H2,1H3/t10-/m1/s1.